The molecule has 0 unspecified atom stereocenters. The van der Waals surface area contributed by atoms with E-state index in [0.29, 0.717) is 5.69 Å². The predicted molar refractivity (Wildman–Crippen MR) is 71.0 cm³/mol. The first-order valence-corrected chi connectivity index (χ1v) is 5.79. The molecule has 3 heterocycles. The molecule has 0 bridgehead atoms. The van der Waals surface area contributed by atoms with Crippen molar-refractivity contribution in [3.8, 4) is 11.3 Å². The summed E-state index contributed by atoms with van der Waals surface area (Å²) in [6.07, 6.45) is 1.69. The van der Waals surface area contributed by atoms with Crippen molar-refractivity contribution < 1.29 is 9.90 Å². The minimum absolute atomic E-state index is 0.0304. The Labute approximate surface area is 109 Å². The maximum Gasteiger partial charge on any atom is 0.354 e. The van der Waals surface area contributed by atoms with E-state index in [1.807, 2.05) is 19.1 Å². The Morgan fingerprint density at radius 1 is 1.32 bits per heavy atom. The minimum Gasteiger partial charge on any atom is -0.477 e. The van der Waals surface area contributed by atoms with Gasteiger partial charge in [0, 0.05) is 22.8 Å². The largest absolute Gasteiger partial charge is 0.477 e. The normalized spacial score (nSPS) is 10.8. The number of hydrogen-bond acceptors (Lipinski definition) is 3. The zero-order valence-electron chi connectivity index (χ0n) is 10.2. The van der Waals surface area contributed by atoms with Crippen LogP contribution >= 0.6 is 0 Å². The first-order chi connectivity index (χ1) is 9.13. The lowest BCUT2D eigenvalue weighted by atomic mass is 10.1. The standard InChI is InChI=1S/C14H11N3O2/c1-8-5-9-6-10(7-15-13(9)16-8)11-3-2-4-12(17-11)14(18)19/h2-7H,1H3,(H,15,16)(H,18,19). The Morgan fingerprint density at radius 3 is 2.95 bits per heavy atom. The molecule has 94 valence electrons. The molecule has 2 N–H and O–H groups in total. The zero-order chi connectivity index (χ0) is 13.4. The van der Waals surface area contributed by atoms with Crippen LogP contribution in [0.5, 0.6) is 0 Å². The summed E-state index contributed by atoms with van der Waals surface area (Å²) in [6, 6.07) is 8.86. The molecule has 0 aliphatic rings. The van der Waals surface area contributed by atoms with Crippen LogP contribution in [0.1, 0.15) is 16.2 Å². The highest BCUT2D eigenvalue weighted by molar-refractivity contribution is 5.86. The van der Waals surface area contributed by atoms with E-state index in [1.54, 1.807) is 18.3 Å². The molecule has 3 aromatic heterocycles. The number of aromatic carboxylic acids is 1. The molecule has 0 spiro atoms. The highest BCUT2D eigenvalue weighted by atomic mass is 16.4. The van der Waals surface area contributed by atoms with Crippen molar-refractivity contribution in [1.29, 1.82) is 0 Å². The number of nitrogens with zero attached hydrogens (tertiary/aromatic N) is 2. The van der Waals surface area contributed by atoms with Gasteiger partial charge in [0.2, 0.25) is 0 Å². The number of H-pyrrole nitrogens is 1. The maximum atomic E-state index is 10.9. The van der Waals surface area contributed by atoms with Crippen LogP contribution in [0.2, 0.25) is 0 Å². The van der Waals surface area contributed by atoms with Crippen LogP contribution < -0.4 is 0 Å². The van der Waals surface area contributed by atoms with Crippen molar-refractivity contribution in [2.45, 2.75) is 6.92 Å². The molecule has 3 rings (SSSR count). The SMILES string of the molecule is Cc1cc2cc(-c3cccc(C(=O)O)n3)cnc2[nH]1. The van der Waals surface area contributed by atoms with E-state index in [9.17, 15) is 4.79 Å². The van der Waals surface area contributed by atoms with E-state index in [0.717, 1.165) is 22.3 Å². The summed E-state index contributed by atoms with van der Waals surface area (Å²) in [7, 11) is 0. The molecule has 0 aliphatic carbocycles. The van der Waals surface area contributed by atoms with Crippen molar-refractivity contribution in [3.05, 3.63) is 47.9 Å². The van der Waals surface area contributed by atoms with Gasteiger partial charge >= 0.3 is 5.97 Å². The summed E-state index contributed by atoms with van der Waals surface area (Å²) >= 11 is 0. The molecule has 0 radical (unpaired) electrons. The topological polar surface area (TPSA) is 78.9 Å². The Hall–Kier alpha value is -2.69. The molecule has 3 aromatic rings. The van der Waals surface area contributed by atoms with Crippen molar-refractivity contribution in [2.24, 2.45) is 0 Å². The summed E-state index contributed by atoms with van der Waals surface area (Å²) in [4.78, 5) is 22.5. The van der Waals surface area contributed by atoms with Gasteiger partial charge in [0.15, 0.2) is 0 Å². The van der Waals surface area contributed by atoms with Crippen LogP contribution in [-0.4, -0.2) is 26.0 Å². The molecule has 5 heteroatoms. The van der Waals surface area contributed by atoms with Crippen LogP contribution in [0.3, 0.4) is 0 Å². The van der Waals surface area contributed by atoms with Crippen LogP contribution in [-0.2, 0) is 0 Å². The lowest BCUT2D eigenvalue weighted by Crippen LogP contribution is -2.00. The summed E-state index contributed by atoms with van der Waals surface area (Å²) in [5.74, 6) is -1.03. The molecule has 19 heavy (non-hydrogen) atoms. The average molecular weight is 253 g/mol. The van der Waals surface area contributed by atoms with Gasteiger partial charge in [0.25, 0.3) is 0 Å². The van der Waals surface area contributed by atoms with Gasteiger partial charge in [-0.1, -0.05) is 6.07 Å². The van der Waals surface area contributed by atoms with Gasteiger partial charge in [-0.3, -0.25) is 0 Å². The molecule has 0 fully saturated rings. The Balaban J connectivity index is 2.12. The van der Waals surface area contributed by atoms with E-state index in [1.165, 1.54) is 6.07 Å². The molecule has 0 saturated carbocycles. The number of nitrogens with one attached hydrogen (secondary N) is 1. The number of aromatic nitrogens is 3. The molecular formula is C14H11N3O2. The third-order valence-electron chi connectivity index (χ3n) is 2.87. The van der Waals surface area contributed by atoms with Crippen LogP contribution in [0.4, 0.5) is 0 Å². The Morgan fingerprint density at radius 2 is 2.16 bits per heavy atom. The first kappa shape index (κ1) is 11.4. The molecule has 5 nitrogen and oxygen atoms in total. The monoisotopic (exact) mass is 253 g/mol. The summed E-state index contributed by atoms with van der Waals surface area (Å²) in [6.45, 7) is 1.96. The average Bonchev–Trinajstić information content (AvgIpc) is 2.77. The Bertz CT molecular complexity index is 777. The molecule has 0 aromatic carbocycles. The van der Waals surface area contributed by atoms with Crippen molar-refractivity contribution >= 4 is 17.0 Å². The van der Waals surface area contributed by atoms with Crippen LogP contribution in [0.15, 0.2) is 36.5 Å². The number of pyridine rings is 2. The van der Waals surface area contributed by atoms with Gasteiger partial charge in [-0.2, -0.15) is 0 Å². The van der Waals surface area contributed by atoms with E-state index in [4.69, 9.17) is 5.11 Å². The third-order valence-corrected chi connectivity index (χ3v) is 2.87. The second kappa shape index (κ2) is 4.20. The Kier molecular flexibility index (Phi) is 2.52. The lowest BCUT2D eigenvalue weighted by Gasteiger charge is -2.01. The smallest absolute Gasteiger partial charge is 0.354 e. The van der Waals surface area contributed by atoms with E-state index < -0.39 is 5.97 Å². The van der Waals surface area contributed by atoms with Gasteiger partial charge in [-0.15, -0.1) is 0 Å². The summed E-state index contributed by atoms with van der Waals surface area (Å²) in [5, 5.41) is 9.93. The number of carboxylic acids is 1. The van der Waals surface area contributed by atoms with E-state index >= 15 is 0 Å². The van der Waals surface area contributed by atoms with Crippen molar-refractivity contribution in [3.63, 3.8) is 0 Å². The number of carboxylic acid groups (broad SMARTS) is 1. The van der Waals surface area contributed by atoms with Gasteiger partial charge in [0.1, 0.15) is 11.3 Å². The summed E-state index contributed by atoms with van der Waals surface area (Å²) in [5.41, 5.74) is 3.29. The van der Waals surface area contributed by atoms with Gasteiger partial charge in [-0.25, -0.2) is 14.8 Å². The maximum absolute atomic E-state index is 10.9. The zero-order valence-corrected chi connectivity index (χ0v) is 10.2. The minimum atomic E-state index is -1.03. The number of hydrogen-bond donors (Lipinski definition) is 2. The molecule has 0 amide bonds. The van der Waals surface area contributed by atoms with E-state index in [2.05, 4.69) is 15.0 Å². The number of fused-ring (bicyclic) bond motifs is 1. The van der Waals surface area contributed by atoms with Crippen LogP contribution in [0, 0.1) is 6.92 Å². The second-order valence-corrected chi connectivity index (χ2v) is 4.33. The highest BCUT2D eigenvalue weighted by Crippen LogP contribution is 2.21. The highest BCUT2D eigenvalue weighted by Gasteiger charge is 2.08. The number of carbonyl (C=O) groups is 1. The fourth-order valence-electron chi connectivity index (χ4n) is 2.01. The summed E-state index contributed by atoms with van der Waals surface area (Å²) < 4.78 is 0. The number of rotatable bonds is 2. The first-order valence-electron chi connectivity index (χ1n) is 5.79. The fourth-order valence-corrected chi connectivity index (χ4v) is 2.01. The van der Waals surface area contributed by atoms with Gasteiger partial charge in [0.05, 0.1) is 5.69 Å². The van der Waals surface area contributed by atoms with Gasteiger partial charge in [-0.05, 0) is 31.2 Å². The van der Waals surface area contributed by atoms with Crippen molar-refractivity contribution in [1.82, 2.24) is 15.0 Å². The lowest BCUT2D eigenvalue weighted by molar-refractivity contribution is 0.0690. The van der Waals surface area contributed by atoms with E-state index in [-0.39, 0.29) is 5.69 Å². The molecular weight excluding hydrogens is 242 g/mol. The number of aryl methyl sites for hydroxylation is 1. The third kappa shape index (κ3) is 2.06. The number of aromatic amines is 1. The fraction of sp³-hybridized carbons (Fsp3) is 0.0714. The quantitative estimate of drug-likeness (QED) is 0.735. The molecule has 0 saturated heterocycles. The molecule has 0 atom stereocenters. The van der Waals surface area contributed by atoms with Crippen molar-refractivity contribution in [2.75, 3.05) is 0 Å². The predicted octanol–water partition coefficient (Wildman–Crippen LogP) is 2.63. The van der Waals surface area contributed by atoms with Crippen LogP contribution in [0.25, 0.3) is 22.3 Å². The second-order valence-electron chi connectivity index (χ2n) is 4.33. The van der Waals surface area contributed by atoms with Gasteiger partial charge < -0.3 is 10.1 Å². The molecule has 0 aliphatic heterocycles.